The monoisotopic (exact) mass is 434 g/mol. The summed E-state index contributed by atoms with van der Waals surface area (Å²) < 4.78 is 39.5. The van der Waals surface area contributed by atoms with Gasteiger partial charge < -0.3 is 9.26 Å². The van der Waals surface area contributed by atoms with Gasteiger partial charge in [-0.05, 0) is 47.5 Å². The van der Waals surface area contributed by atoms with Gasteiger partial charge in [0.1, 0.15) is 5.75 Å². The topological polar surface area (TPSA) is 107 Å². The maximum Gasteiger partial charge on any atom is 0.261 e. The molecule has 0 fully saturated rings. The molecule has 156 valence electrons. The SMILES string of the molecule is O=S(=O)(Nc1ccccc1Cc1nc(-c2ccncc2)no1)c1ccc2c(c1)CCO2. The molecule has 1 N–H and O–H groups in total. The Morgan fingerprint density at radius 1 is 1.03 bits per heavy atom. The summed E-state index contributed by atoms with van der Waals surface area (Å²) in [7, 11) is -3.77. The van der Waals surface area contributed by atoms with Crippen LogP contribution in [0, 0.1) is 0 Å². The fourth-order valence-electron chi connectivity index (χ4n) is 3.42. The number of benzene rings is 2. The molecule has 0 saturated carbocycles. The molecule has 9 heteroatoms. The standard InChI is InChI=1S/C22H18N4O4S/c27-31(28,18-5-6-20-17(13-18)9-12-29-20)26-19-4-2-1-3-16(19)14-21-24-22(25-30-21)15-7-10-23-11-8-15/h1-8,10-11,13,26H,9,12,14H2. The molecule has 5 rings (SSSR count). The van der Waals surface area contributed by atoms with E-state index in [0.717, 1.165) is 22.4 Å². The van der Waals surface area contributed by atoms with Gasteiger partial charge in [-0.15, -0.1) is 0 Å². The van der Waals surface area contributed by atoms with E-state index in [1.165, 1.54) is 0 Å². The highest BCUT2D eigenvalue weighted by atomic mass is 32.2. The number of sulfonamides is 1. The molecule has 0 saturated heterocycles. The number of ether oxygens (including phenoxy) is 1. The summed E-state index contributed by atoms with van der Waals surface area (Å²) in [5, 5.41) is 4.00. The third-order valence-electron chi connectivity index (χ3n) is 4.98. The van der Waals surface area contributed by atoms with E-state index >= 15 is 0 Å². The van der Waals surface area contributed by atoms with Crippen LogP contribution < -0.4 is 9.46 Å². The number of hydrogen-bond donors (Lipinski definition) is 1. The van der Waals surface area contributed by atoms with Crippen LogP contribution in [0.4, 0.5) is 5.69 Å². The molecule has 31 heavy (non-hydrogen) atoms. The van der Waals surface area contributed by atoms with Crippen molar-refractivity contribution in [2.24, 2.45) is 0 Å². The Kier molecular flexibility index (Phi) is 4.87. The van der Waals surface area contributed by atoms with E-state index in [-0.39, 0.29) is 11.3 Å². The van der Waals surface area contributed by atoms with Crippen LogP contribution in [0.2, 0.25) is 0 Å². The lowest BCUT2D eigenvalue weighted by molar-refractivity contribution is 0.356. The molecule has 1 aliphatic heterocycles. The van der Waals surface area contributed by atoms with Crippen LogP contribution in [-0.2, 0) is 22.9 Å². The Bertz CT molecular complexity index is 1340. The van der Waals surface area contributed by atoms with E-state index in [1.807, 2.05) is 12.1 Å². The van der Waals surface area contributed by atoms with Crippen molar-refractivity contribution in [3.63, 3.8) is 0 Å². The van der Waals surface area contributed by atoms with Gasteiger partial charge in [-0.3, -0.25) is 9.71 Å². The van der Waals surface area contributed by atoms with Gasteiger partial charge in [0.25, 0.3) is 10.0 Å². The summed E-state index contributed by atoms with van der Waals surface area (Å²) in [5.74, 6) is 1.57. The molecule has 2 aromatic carbocycles. The summed E-state index contributed by atoms with van der Waals surface area (Å²) in [6.45, 7) is 0.570. The minimum Gasteiger partial charge on any atom is -0.493 e. The lowest BCUT2D eigenvalue weighted by Gasteiger charge is -2.12. The predicted octanol–water partition coefficient (Wildman–Crippen LogP) is 3.46. The molecule has 4 aromatic rings. The molecule has 0 bridgehead atoms. The first-order valence-electron chi connectivity index (χ1n) is 9.68. The fraction of sp³-hybridized carbons (Fsp3) is 0.136. The summed E-state index contributed by atoms with van der Waals surface area (Å²) in [6, 6.07) is 15.6. The van der Waals surface area contributed by atoms with Gasteiger partial charge in [-0.25, -0.2) is 8.42 Å². The molecule has 0 amide bonds. The van der Waals surface area contributed by atoms with Gasteiger partial charge in [0.05, 0.1) is 23.6 Å². The molecular weight excluding hydrogens is 416 g/mol. The molecule has 0 atom stereocenters. The second-order valence-corrected chi connectivity index (χ2v) is 8.74. The highest BCUT2D eigenvalue weighted by Gasteiger charge is 2.21. The van der Waals surface area contributed by atoms with Crippen LogP contribution in [0.15, 0.2) is 76.4 Å². The zero-order valence-corrected chi connectivity index (χ0v) is 17.2. The van der Waals surface area contributed by atoms with E-state index in [1.54, 1.807) is 54.9 Å². The van der Waals surface area contributed by atoms with Crippen molar-refractivity contribution in [1.82, 2.24) is 15.1 Å². The first kappa shape index (κ1) is 19.3. The highest BCUT2D eigenvalue weighted by molar-refractivity contribution is 7.92. The predicted molar refractivity (Wildman–Crippen MR) is 113 cm³/mol. The number of aromatic nitrogens is 3. The van der Waals surface area contributed by atoms with Gasteiger partial charge >= 0.3 is 0 Å². The maximum atomic E-state index is 13.0. The fourth-order valence-corrected chi connectivity index (χ4v) is 4.57. The number of rotatable bonds is 6. The van der Waals surface area contributed by atoms with Crippen molar-refractivity contribution in [2.45, 2.75) is 17.7 Å². The first-order chi connectivity index (χ1) is 15.1. The zero-order valence-electron chi connectivity index (χ0n) is 16.4. The average Bonchev–Trinajstić information content (AvgIpc) is 3.44. The van der Waals surface area contributed by atoms with Crippen molar-refractivity contribution >= 4 is 15.7 Å². The summed E-state index contributed by atoms with van der Waals surface area (Å²) >= 11 is 0. The normalized spacial score (nSPS) is 12.9. The van der Waals surface area contributed by atoms with Crippen LogP contribution in [-0.4, -0.2) is 30.1 Å². The van der Waals surface area contributed by atoms with Gasteiger partial charge in [-0.2, -0.15) is 4.98 Å². The van der Waals surface area contributed by atoms with Gasteiger partial charge in [-0.1, -0.05) is 23.4 Å². The van der Waals surface area contributed by atoms with Crippen molar-refractivity contribution in [3.8, 4) is 17.1 Å². The first-order valence-corrected chi connectivity index (χ1v) is 11.2. The molecule has 3 heterocycles. The van der Waals surface area contributed by atoms with Crippen molar-refractivity contribution < 1.29 is 17.7 Å². The van der Waals surface area contributed by atoms with Gasteiger partial charge in [0.15, 0.2) is 0 Å². The number of pyridine rings is 1. The lowest BCUT2D eigenvalue weighted by Crippen LogP contribution is -2.14. The van der Waals surface area contributed by atoms with E-state index in [4.69, 9.17) is 9.26 Å². The Morgan fingerprint density at radius 3 is 2.74 bits per heavy atom. The van der Waals surface area contributed by atoms with Crippen LogP contribution in [0.3, 0.4) is 0 Å². The minimum absolute atomic E-state index is 0.198. The Labute approximate surface area is 179 Å². The van der Waals surface area contributed by atoms with E-state index in [0.29, 0.717) is 30.4 Å². The summed E-state index contributed by atoms with van der Waals surface area (Å²) in [5.41, 5.74) is 2.87. The molecule has 0 radical (unpaired) electrons. The molecule has 0 spiro atoms. The van der Waals surface area contributed by atoms with Gasteiger partial charge in [0.2, 0.25) is 11.7 Å². The average molecular weight is 434 g/mol. The molecule has 0 aliphatic carbocycles. The highest BCUT2D eigenvalue weighted by Crippen LogP contribution is 2.29. The number of nitrogens with one attached hydrogen (secondary N) is 1. The number of nitrogens with zero attached hydrogens (tertiary/aromatic N) is 3. The van der Waals surface area contributed by atoms with Crippen molar-refractivity contribution in [3.05, 3.63) is 84.0 Å². The largest absolute Gasteiger partial charge is 0.493 e. The minimum atomic E-state index is -3.77. The smallest absolute Gasteiger partial charge is 0.261 e. The quantitative estimate of drug-likeness (QED) is 0.495. The molecule has 1 aliphatic rings. The Balaban J connectivity index is 1.39. The van der Waals surface area contributed by atoms with Gasteiger partial charge in [0, 0.05) is 24.4 Å². The molecule has 8 nitrogen and oxygen atoms in total. The maximum absolute atomic E-state index is 13.0. The lowest BCUT2D eigenvalue weighted by atomic mass is 10.1. The van der Waals surface area contributed by atoms with Crippen molar-refractivity contribution in [2.75, 3.05) is 11.3 Å². The van der Waals surface area contributed by atoms with Crippen LogP contribution in [0.5, 0.6) is 5.75 Å². The van der Waals surface area contributed by atoms with Crippen molar-refractivity contribution in [1.29, 1.82) is 0 Å². The van der Waals surface area contributed by atoms with E-state index < -0.39 is 10.0 Å². The molecular formula is C22H18N4O4S. The second-order valence-electron chi connectivity index (χ2n) is 7.06. The van der Waals surface area contributed by atoms with Crippen LogP contribution in [0.25, 0.3) is 11.4 Å². The number of hydrogen-bond acceptors (Lipinski definition) is 7. The van der Waals surface area contributed by atoms with E-state index in [9.17, 15) is 8.42 Å². The third kappa shape index (κ3) is 3.99. The number of para-hydroxylation sites is 1. The molecule has 2 aromatic heterocycles. The molecule has 0 unspecified atom stereocenters. The number of anilines is 1. The van der Waals surface area contributed by atoms with Crippen LogP contribution >= 0.6 is 0 Å². The second kappa shape index (κ2) is 7.84. The summed E-state index contributed by atoms with van der Waals surface area (Å²) in [6.07, 6.45) is 4.29. The summed E-state index contributed by atoms with van der Waals surface area (Å²) in [4.78, 5) is 8.59. The third-order valence-corrected chi connectivity index (χ3v) is 6.34. The zero-order chi connectivity index (χ0) is 21.3. The Hall–Kier alpha value is -3.72. The van der Waals surface area contributed by atoms with Crippen LogP contribution in [0.1, 0.15) is 17.0 Å². The Morgan fingerprint density at radius 2 is 1.87 bits per heavy atom. The number of fused-ring (bicyclic) bond motifs is 1. The van der Waals surface area contributed by atoms with E-state index in [2.05, 4.69) is 19.8 Å².